The number of aromatic nitrogens is 2. The minimum absolute atomic E-state index is 0.127. The molecule has 1 aliphatic heterocycles. The van der Waals surface area contributed by atoms with Gasteiger partial charge in [0.05, 0.1) is 5.69 Å². The Hall–Kier alpha value is -2.28. The molecular formula is C14H14F2N4O. The summed E-state index contributed by atoms with van der Waals surface area (Å²) in [6.07, 6.45) is 2.40. The van der Waals surface area contributed by atoms with Gasteiger partial charge in [-0.05, 0) is 24.3 Å². The van der Waals surface area contributed by atoms with Crippen molar-refractivity contribution in [3.8, 4) is 5.75 Å². The number of nitrogens with zero attached hydrogens (tertiary/aromatic N) is 2. The minimum atomic E-state index is -2.82. The Balaban J connectivity index is 1.77. The first-order valence-electron chi connectivity index (χ1n) is 6.58. The maximum Gasteiger partial charge on any atom is 0.387 e. The number of hydrogen-bond acceptors (Lipinski definition) is 5. The topological polar surface area (TPSA) is 59.1 Å². The standard InChI is InChI=1S/C14H14F2N4O/c15-14(16)21-10-3-1-9(2-4-10)20-13-11-7-17-6-5-12(11)18-8-19-13/h1-4,8,14,17H,5-7H2,(H,18,19,20). The quantitative estimate of drug-likeness (QED) is 0.906. The van der Waals surface area contributed by atoms with Crippen molar-refractivity contribution in [1.82, 2.24) is 15.3 Å². The lowest BCUT2D eigenvalue weighted by molar-refractivity contribution is -0.0498. The Morgan fingerprint density at radius 1 is 1.19 bits per heavy atom. The van der Waals surface area contributed by atoms with Crippen LogP contribution < -0.4 is 15.4 Å². The van der Waals surface area contributed by atoms with Crippen LogP contribution in [0.3, 0.4) is 0 Å². The lowest BCUT2D eigenvalue weighted by Gasteiger charge is -2.19. The van der Waals surface area contributed by atoms with E-state index in [0.717, 1.165) is 35.7 Å². The third-order valence-electron chi connectivity index (χ3n) is 3.22. The van der Waals surface area contributed by atoms with Crippen LogP contribution >= 0.6 is 0 Å². The number of anilines is 2. The highest BCUT2D eigenvalue weighted by atomic mass is 19.3. The molecule has 2 aromatic rings. The second-order valence-electron chi connectivity index (χ2n) is 4.60. The average molecular weight is 292 g/mol. The van der Waals surface area contributed by atoms with E-state index in [0.29, 0.717) is 6.54 Å². The van der Waals surface area contributed by atoms with Crippen LogP contribution in [0.2, 0.25) is 0 Å². The van der Waals surface area contributed by atoms with Crippen LogP contribution in [0, 0.1) is 0 Å². The number of fused-ring (bicyclic) bond motifs is 1. The van der Waals surface area contributed by atoms with Gasteiger partial charge in [0.25, 0.3) is 0 Å². The van der Waals surface area contributed by atoms with Crippen molar-refractivity contribution in [3.63, 3.8) is 0 Å². The molecule has 0 radical (unpaired) electrons. The third kappa shape index (κ3) is 3.25. The lowest BCUT2D eigenvalue weighted by Crippen LogP contribution is -2.25. The first-order valence-corrected chi connectivity index (χ1v) is 6.58. The summed E-state index contributed by atoms with van der Waals surface area (Å²) in [5.41, 5.74) is 2.82. The zero-order valence-corrected chi connectivity index (χ0v) is 11.1. The molecule has 0 saturated carbocycles. The average Bonchev–Trinajstić information content (AvgIpc) is 2.49. The van der Waals surface area contributed by atoms with Gasteiger partial charge in [0, 0.05) is 30.8 Å². The molecule has 21 heavy (non-hydrogen) atoms. The van der Waals surface area contributed by atoms with Gasteiger partial charge in [-0.2, -0.15) is 8.78 Å². The van der Waals surface area contributed by atoms with Crippen LogP contribution in [0.4, 0.5) is 20.3 Å². The number of nitrogens with one attached hydrogen (secondary N) is 2. The predicted molar refractivity (Wildman–Crippen MR) is 73.8 cm³/mol. The molecule has 3 rings (SSSR count). The van der Waals surface area contributed by atoms with Gasteiger partial charge in [0.1, 0.15) is 17.9 Å². The van der Waals surface area contributed by atoms with Crippen LogP contribution in [0.15, 0.2) is 30.6 Å². The Kier molecular flexibility index (Phi) is 3.92. The predicted octanol–water partition coefficient (Wildman–Crippen LogP) is 2.47. The maximum absolute atomic E-state index is 12.1. The van der Waals surface area contributed by atoms with E-state index in [-0.39, 0.29) is 5.75 Å². The van der Waals surface area contributed by atoms with Crippen LogP contribution in [-0.4, -0.2) is 23.1 Å². The van der Waals surface area contributed by atoms with Crippen LogP contribution in [0.25, 0.3) is 0 Å². The van der Waals surface area contributed by atoms with Gasteiger partial charge in [-0.1, -0.05) is 0 Å². The molecule has 1 aromatic carbocycles. The fraction of sp³-hybridized carbons (Fsp3) is 0.286. The van der Waals surface area contributed by atoms with Gasteiger partial charge < -0.3 is 15.4 Å². The molecule has 0 bridgehead atoms. The molecule has 5 nitrogen and oxygen atoms in total. The zero-order valence-electron chi connectivity index (χ0n) is 11.1. The number of ether oxygens (including phenoxy) is 1. The smallest absolute Gasteiger partial charge is 0.387 e. The first kappa shape index (κ1) is 13.7. The summed E-state index contributed by atoms with van der Waals surface area (Å²) in [6, 6.07) is 6.31. The summed E-state index contributed by atoms with van der Waals surface area (Å²) in [7, 11) is 0. The normalized spacial score (nSPS) is 13.9. The van der Waals surface area contributed by atoms with E-state index < -0.39 is 6.61 Å². The minimum Gasteiger partial charge on any atom is -0.435 e. The van der Waals surface area contributed by atoms with Gasteiger partial charge in [-0.15, -0.1) is 0 Å². The molecule has 0 aliphatic carbocycles. The summed E-state index contributed by atoms with van der Waals surface area (Å²) in [5.74, 6) is 0.858. The molecule has 0 fully saturated rings. The van der Waals surface area contributed by atoms with Gasteiger partial charge in [0.15, 0.2) is 0 Å². The van der Waals surface area contributed by atoms with E-state index in [1.165, 1.54) is 18.5 Å². The van der Waals surface area contributed by atoms with E-state index in [4.69, 9.17) is 0 Å². The van der Waals surface area contributed by atoms with Crippen LogP contribution in [-0.2, 0) is 13.0 Å². The summed E-state index contributed by atoms with van der Waals surface area (Å²) < 4.78 is 28.5. The fourth-order valence-corrected chi connectivity index (χ4v) is 2.23. The Bertz CT molecular complexity index is 619. The Morgan fingerprint density at radius 2 is 2.00 bits per heavy atom. The lowest BCUT2D eigenvalue weighted by atomic mass is 10.1. The van der Waals surface area contributed by atoms with Crippen molar-refractivity contribution in [1.29, 1.82) is 0 Å². The molecule has 0 atom stereocenters. The van der Waals surface area contributed by atoms with Gasteiger partial charge in [-0.3, -0.25) is 0 Å². The van der Waals surface area contributed by atoms with E-state index in [9.17, 15) is 8.78 Å². The highest BCUT2D eigenvalue weighted by Crippen LogP contribution is 2.24. The summed E-state index contributed by atoms with van der Waals surface area (Å²) in [6.45, 7) is -1.20. The molecule has 0 amide bonds. The van der Waals surface area contributed by atoms with Gasteiger partial charge in [0.2, 0.25) is 0 Å². The molecule has 2 heterocycles. The van der Waals surface area contributed by atoms with Crippen LogP contribution in [0.1, 0.15) is 11.3 Å². The molecule has 7 heteroatoms. The molecule has 1 aliphatic rings. The summed E-state index contributed by atoms with van der Waals surface area (Å²) in [4.78, 5) is 8.52. The highest BCUT2D eigenvalue weighted by Gasteiger charge is 2.15. The van der Waals surface area contributed by atoms with Crippen molar-refractivity contribution in [2.24, 2.45) is 0 Å². The number of alkyl halides is 2. The SMILES string of the molecule is FC(F)Oc1ccc(Nc2ncnc3c2CNCC3)cc1. The number of rotatable bonds is 4. The molecule has 2 N–H and O–H groups in total. The zero-order chi connectivity index (χ0) is 14.7. The summed E-state index contributed by atoms with van der Waals surface area (Å²) >= 11 is 0. The van der Waals surface area contributed by atoms with Crippen molar-refractivity contribution in [2.45, 2.75) is 19.6 Å². The van der Waals surface area contributed by atoms with E-state index in [1.807, 2.05) is 0 Å². The second-order valence-corrected chi connectivity index (χ2v) is 4.60. The van der Waals surface area contributed by atoms with Gasteiger partial charge >= 0.3 is 6.61 Å². The molecule has 0 spiro atoms. The van der Waals surface area contributed by atoms with Crippen molar-refractivity contribution >= 4 is 11.5 Å². The molecular weight excluding hydrogens is 278 g/mol. The fourth-order valence-electron chi connectivity index (χ4n) is 2.23. The second kappa shape index (κ2) is 6.01. The largest absolute Gasteiger partial charge is 0.435 e. The molecule has 0 unspecified atom stereocenters. The van der Waals surface area contributed by atoms with Crippen molar-refractivity contribution in [3.05, 3.63) is 41.9 Å². The van der Waals surface area contributed by atoms with E-state index >= 15 is 0 Å². The van der Waals surface area contributed by atoms with Gasteiger partial charge in [-0.25, -0.2) is 9.97 Å². The Morgan fingerprint density at radius 3 is 2.76 bits per heavy atom. The van der Waals surface area contributed by atoms with E-state index in [1.54, 1.807) is 12.1 Å². The molecule has 0 saturated heterocycles. The van der Waals surface area contributed by atoms with Crippen molar-refractivity contribution in [2.75, 3.05) is 11.9 Å². The van der Waals surface area contributed by atoms with Crippen LogP contribution in [0.5, 0.6) is 5.75 Å². The number of hydrogen-bond donors (Lipinski definition) is 2. The molecule has 1 aromatic heterocycles. The highest BCUT2D eigenvalue weighted by molar-refractivity contribution is 5.60. The third-order valence-corrected chi connectivity index (χ3v) is 3.22. The van der Waals surface area contributed by atoms with E-state index in [2.05, 4.69) is 25.3 Å². The summed E-state index contributed by atoms with van der Waals surface area (Å²) in [5, 5.41) is 6.45. The first-order chi connectivity index (χ1) is 10.2. The number of benzene rings is 1. The number of halogens is 2. The monoisotopic (exact) mass is 292 g/mol. The Labute approximate surface area is 120 Å². The molecule has 110 valence electrons. The maximum atomic E-state index is 12.1. The van der Waals surface area contributed by atoms with Crippen molar-refractivity contribution < 1.29 is 13.5 Å².